The Morgan fingerprint density at radius 3 is 2.32 bits per heavy atom. The molecule has 0 heterocycles. The van der Waals surface area contributed by atoms with Gasteiger partial charge in [0, 0.05) is 12.0 Å². The van der Waals surface area contributed by atoms with E-state index in [9.17, 15) is 9.59 Å². The van der Waals surface area contributed by atoms with Crippen LogP contribution in [0.2, 0.25) is 0 Å². The summed E-state index contributed by atoms with van der Waals surface area (Å²) in [5.74, 6) is -0.945. The van der Waals surface area contributed by atoms with Gasteiger partial charge in [-0.1, -0.05) is 20.8 Å². The van der Waals surface area contributed by atoms with E-state index in [1.807, 2.05) is 0 Å². The Morgan fingerprint density at radius 2 is 1.84 bits per heavy atom. The number of hydrogen-bond acceptors (Lipinski definition) is 3. The van der Waals surface area contributed by atoms with Gasteiger partial charge < -0.3 is 16.2 Å². The highest BCUT2D eigenvalue weighted by Crippen LogP contribution is 2.45. The van der Waals surface area contributed by atoms with Crippen molar-refractivity contribution >= 4 is 11.9 Å². The molecule has 2 aliphatic rings. The van der Waals surface area contributed by atoms with E-state index in [1.54, 1.807) is 0 Å². The molecule has 0 bridgehead atoms. The number of carboxylic acids is 1. The first-order valence-corrected chi connectivity index (χ1v) is 7.02. The number of carboxylic acid groups (broad SMARTS) is 1. The fourth-order valence-electron chi connectivity index (χ4n) is 3.16. The van der Waals surface area contributed by atoms with Gasteiger partial charge >= 0.3 is 5.97 Å². The highest BCUT2D eigenvalue weighted by molar-refractivity contribution is 5.90. The van der Waals surface area contributed by atoms with Gasteiger partial charge in [0.05, 0.1) is 0 Å². The van der Waals surface area contributed by atoms with Crippen molar-refractivity contribution < 1.29 is 14.7 Å². The van der Waals surface area contributed by atoms with Crippen LogP contribution in [0, 0.1) is 17.3 Å². The molecule has 108 valence electrons. The zero-order valence-electron chi connectivity index (χ0n) is 11.9. The maximum absolute atomic E-state index is 12.4. The van der Waals surface area contributed by atoms with E-state index in [2.05, 4.69) is 26.1 Å². The fourth-order valence-corrected chi connectivity index (χ4v) is 3.16. The Labute approximate surface area is 113 Å². The number of carbonyl (C=O) groups excluding carboxylic acids is 1. The Morgan fingerprint density at radius 1 is 1.26 bits per heavy atom. The maximum Gasteiger partial charge on any atom is 0.329 e. The van der Waals surface area contributed by atoms with Gasteiger partial charge in [-0.2, -0.15) is 0 Å². The second kappa shape index (κ2) is 4.47. The Balaban J connectivity index is 2.09. The Kier molecular flexibility index (Phi) is 3.37. The monoisotopic (exact) mass is 268 g/mol. The third kappa shape index (κ3) is 2.36. The zero-order chi connectivity index (χ0) is 14.4. The Hall–Kier alpha value is -1.10. The maximum atomic E-state index is 12.4. The van der Waals surface area contributed by atoms with Gasteiger partial charge in [0.15, 0.2) is 0 Å². The highest BCUT2D eigenvalue weighted by Gasteiger charge is 2.54. The van der Waals surface area contributed by atoms with Crippen LogP contribution in [0.5, 0.6) is 0 Å². The molecule has 4 N–H and O–H groups in total. The molecule has 0 aromatic heterocycles. The standard InChI is InChI=1S/C14H24N2O3/c1-8-10(15)5-4-9(13(8,2)3)11(17)16-14(6-7-14)12(18)19/h8-10H,4-7,15H2,1-3H3,(H,16,17)(H,18,19). The molecule has 2 saturated carbocycles. The lowest BCUT2D eigenvalue weighted by atomic mass is 9.61. The highest BCUT2D eigenvalue weighted by atomic mass is 16.4. The van der Waals surface area contributed by atoms with Gasteiger partial charge in [0.2, 0.25) is 5.91 Å². The molecule has 19 heavy (non-hydrogen) atoms. The molecule has 2 fully saturated rings. The molecule has 5 heteroatoms. The summed E-state index contributed by atoms with van der Waals surface area (Å²) in [6, 6.07) is 0.119. The van der Waals surface area contributed by atoms with Crippen LogP contribution < -0.4 is 11.1 Å². The number of amides is 1. The summed E-state index contributed by atoms with van der Waals surface area (Å²) in [5, 5.41) is 11.9. The predicted octanol–water partition coefficient (Wildman–Crippen LogP) is 1.12. The molecular weight excluding hydrogens is 244 g/mol. The van der Waals surface area contributed by atoms with Gasteiger partial charge in [-0.05, 0) is 37.0 Å². The number of aliphatic carboxylic acids is 1. The van der Waals surface area contributed by atoms with Crippen LogP contribution in [-0.4, -0.2) is 28.6 Å². The van der Waals surface area contributed by atoms with Crippen LogP contribution in [0.4, 0.5) is 0 Å². The van der Waals surface area contributed by atoms with Crippen LogP contribution in [0.1, 0.15) is 46.5 Å². The first-order chi connectivity index (χ1) is 8.70. The minimum Gasteiger partial charge on any atom is -0.480 e. The van der Waals surface area contributed by atoms with Crippen LogP contribution in [0.3, 0.4) is 0 Å². The smallest absolute Gasteiger partial charge is 0.329 e. The van der Waals surface area contributed by atoms with Gasteiger partial charge in [-0.25, -0.2) is 4.79 Å². The van der Waals surface area contributed by atoms with Crippen molar-refractivity contribution in [3.63, 3.8) is 0 Å². The van der Waals surface area contributed by atoms with E-state index in [1.165, 1.54) is 0 Å². The van der Waals surface area contributed by atoms with Crippen molar-refractivity contribution in [3.05, 3.63) is 0 Å². The van der Waals surface area contributed by atoms with Crippen molar-refractivity contribution in [2.75, 3.05) is 0 Å². The summed E-state index contributed by atoms with van der Waals surface area (Å²) in [7, 11) is 0. The predicted molar refractivity (Wildman–Crippen MR) is 71.4 cm³/mol. The fraction of sp³-hybridized carbons (Fsp3) is 0.857. The van der Waals surface area contributed by atoms with Gasteiger partial charge in [-0.3, -0.25) is 4.79 Å². The molecule has 1 amide bonds. The lowest BCUT2D eigenvalue weighted by Crippen LogP contribution is -2.54. The van der Waals surface area contributed by atoms with Crippen molar-refractivity contribution in [2.24, 2.45) is 23.0 Å². The van der Waals surface area contributed by atoms with E-state index in [4.69, 9.17) is 10.8 Å². The van der Waals surface area contributed by atoms with Crippen molar-refractivity contribution in [2.45, 2.75) is 58.0 Å². The second-order valence-corrected chi connectivity index (χ2v) is 6.78. The number of nitrogens with two attached hydrogens (primary N) is 1. The second-order valence-electron chi connectivity index (χ2n) is 6.78. The summed E-state index contributed by atoms with van der Waals surface area (Å²) < 4.78 is 0. The number of nitrogens with one attached hydrogen (secondary N) is 1. The topological polar surface area (TPSA) is 92.4 Å². The van der Waals surface area contributed by atoms with E-state index >= 15 is 0 Å². The van der Waals surface area contributed by atoms with Gasteiger partial charge in [-0.15, -0.1) is 0 Å². The van der Waals surface area contributed by atoms with E-state index < -0.39 is 11.5 Å². The summed E-state index contributed by atoms with van der Waals surface area (Å²) in [4.78, 5) is 23.6. The molecule has 0 radical (unpaired) electrons. The molecule has 5 nitrogen and oxygen atoms in total. The minimum absolute atomic E-state index is 0.119. The summed E-state index contributed by atoms with van der Waals surface area (Å²) in [6.07, 6.45) is 2.63. The molecule has 0 aromatic rings. The first kappa shape index (κ1) is 14.3. The van der Waals surface area contributed by atoms with Gasteiger partial charge in [0.1, 0.15) is 5.54 Å². The van der Waals surface area contributed by atoms with Crippen molar-refractivity contribution in [1.82, 2.24) is 5.32 Å². The van der Waals surface area contributed by atoms with Crippen molar-refractivity contribution in [1.29, 1.82) is 0 Å². The molecule has 2 aliphatic carbocycles. The quantitative estimate of drug-likeness (QED) is 0.715. The van der Waals surface area contributed by atoms with E-state index in [0.29, 0.717) is 12.8 Å². The lowest BCUT2D eigenvalue weighted by Gasteiger charge is -2.46. The summed E-state index contributed by atoms with van der Waals surface area (Å²) in [6.45, 7) is 6.19. The average Bonchev–Trinajstić information content (AvgIpc) is 3.07. The van der Waals surface area contributed by atoms with Crippen LogP contribution >= 0.6 is 0 Å². The third-order valence-electron chi connectivity index (χ3n) is 5.34. The SMILES string of the molecule is CC1C(N)CCC(C(=O)NC2(C(=O)O)CC2)C1(C)C. The molecule has 3 unspecified atom stereocenters. The first-order valence-electron chi connectivity index (χ1n) is 7.02. The molecule has 3 atom stereocenters. The average molecular weight is 268 g/mol. The third-order valence-corrected chi connectivity index (χ3v) is 5.34. The number of rotatable bonds is 3. The van der Waals surface area contributed by atoms with Crippen LogP contribution in [-0.2, 0) is 9.59 Å². The van der Waals surface area contributed by atoms with Gasteiger partial charge in [0.25, 0.3) is 0 Å². The lowest BCUT2D eigenvalue weighted by molar-refractivity contribution is -0.145. The molecule has 2 rings (SSSR count). The largest absolute Gasteiger partial charge is 0.480 e. The number of carbonyl (C=O) groups is 2. The van der Waals surface area contributed by atoms with Crippen LogP contribution in [0.25, 0.3) is 0 Å². The van der Waals surface area contributed by atoms with Crippen LogP contribution in [0.15, 0.2) is 0 Å². The minimum atomic E-state index is -0.990. The normalized spacial score (nSPS) is 35.5. The summed E-state index contributed by atoms with van der Waals surface area (Å²) >= 11 is 0. The van der Waals surface area contributed by atoms with E-state index in [-0.39, 0.29) is 29.2 Å². The molecule has 0 spiro atoms. The summed E-state index contributed by atoms with van der Waals surface area (Å²) in [5.41, 5.74) is 4.89. The molecule has 0 saturated heterocycles. The molecule has 0 aliphatic heterocycles. The Bertz CT molecular complexity index is 401. The van der Waals surface area contributed by atoms with E-state index in [0.717, 1.165) is 12.8 Å². The zero-order valence-corrected chi connectivity index (χ0v) is 11.9. The molecular formula is C14H24N2O3. The van der Waals surface area contributed by atoms with Crippen molar-refractivity contribution in [3.8, 4) is 0 Å². The molecule has 0 aromatic carbocycles. The number of hydrogen-bond donors (Lipinski definition) is 3.